The highest BCUT2D eigenvalue weighted by molar-refractivity contribution is 5.83. The quantitative estimate of drug-likeness (QED) is 0.531. The van der Waals surface area contributed by atoms with E-state index in [0.717, 1.165) is 0 Å². The summed E-state index contributed by atoms with van der Waals surface area (Å²) in [5.41, 5.74) is -1.57. The molecule has 1 fully saturated rings. The number of hydrogen-bond donors (Lipinski definition) is 3. The largest absolute Gasteiger partial charge is 0.462 e. The van der Waals surface area contributed by atoms with E-state index >= 15 is 0 Å². The molecule has 8 nitrogen and oxygen atoms in total. The third-order valence-corrected chi connectivity index (χ3v) is 3.78. The lowest BCUT2D eigenvalue weighted by Crippen LogP contribution is -2.46. The van der Waals surface area contributed by atoms with Crippen molar-refractivity contribution in [2.75, 3.05) is 19.8 Å². The fourth-order valence-corrected chi connectivity index (χ4v) is 1.95. The van der Waals surface area contributed by atoms with Gasteiger partial charge in [0.05, 0.1) is 13.0 Å². The van der Waals surface area contributed by atoms with E-state index in [1.807, 2.05) is 0 Å². The van der Waals surface area contributed by atoms with Crippen LogP contribution in [-0.2, 0) is 23.9 Å². The predicted octanol–water partition coefficient (Wildman–Crippen LogP) is -0.633. The van der Waals surface area contributed by atoms with Crippen LogP contribution in [0.15, 0.2) is 0 Å². The number of aliphatic hydroxyl groups is 2. The standard InChI is InChI=1S/C15H25NO7/c1-14(2,7-17)10(19)12(20)16-6-5-9(18)23-11-13(21)22-8-15(11,3)4/h10-11,17,19H,5-8H2,1-4H3,(H,16,20)/t10-,11-/m0/s1. The SMILES string of the molecule is CC(C)(CO)[C@@H](O)C(=O)NCCC(=O)O[C@H]1C(=O)OCC1(C)C. The fourth-order valence-electron chi connectivity index (χ4n) is 1.95. The summed E-state index contributed by atoms with van der Waals surface area (Å²) in [5, 5.41) is 21.3. The number of carbonyl (C=O) groups is 3. The molecule has 1 aliphatic heterocycles. The van der Waals surface area contributed by atoms with Gasteiger partial charge in [-0.2, -0.15) is 0 Å². The zero-order valence-corrected chi connectivity index (χ0v) is 13.9. The topological polar surface area (TPSA) is 122 Å². The van der Waals surface area contributed by atoms with Gasteiger partial charge in [0.1, 0.15) is 12.7 Å². The Bertz CT molecular complexity index is 472. The first-order valence-corrected chi connectivity index (χ1v) is 7.44. The summed E-state index contributed by atoms with van der Waals surface area (Å²) in [6.07, 6.45) is -2.49. The predicted molar refractivity (Wildman–Crippen MR) is 79.1 cm³/mol. The van der Waals surface area contributed by atoms with Crippen LogP contribution in [0, 0.1) is 10.8 Å². The third-order valence-electron chi connectivity index (χ3n) is 3.78. The van der Waals surface area contributed by atoms with Crippen LogP contribution in [0.3, 0.4) is 0 Å². The minimum atomic E-state index is -1.40. The minimum Gasteiger partial charge on any atom is -0.462 e. The van der Waals surface area contributed by atoms with Gasteiger partial charge in [0.25, 0.3) is 0 Å². The van der Waals surface area contributed by atoms with Crippen LogP contribution in [0.5, 0.6) is 0 Å². The van der Waals surface area contributed by atoms with Crippen LogP contribution in [-0.4, -0.2) is 60.0 Å². The van der Waals surface area contributed by atoms with E-state index < -0.39 is 40.9 Å². The van der Waals surface area contributed by atoms with Gasteiger partial charge in [-0.3, -0.25) is 9.59 Å². The number of nitrogens with one attached hydrogen (secondary N) is 1. The van der Waals surface area contributed by atoms with Crippen molar-refractivity contribution in [2.24, 2.45) is 10.8 Å². The highest BCUT2D eigenvalue weighted by atomic mass is 16.6. The van der Waals surface area contributed by atoms with Crippen molar-refractivity contribution >= 4 is 17.8 Å². The van der Waals surface area contributed by atoms with Crippen molar-refractivity contribution < 1.29 is 34.1 Å². The van der Waals surface area contributed by atoms with Gasteiger partial charge in [0.2, 0.25) is 12.0 Å². The van der Waals surface area contributed by atoms with E-state index in [4.69, 9.17) is 14.6 Å². The van der Waals surface area contributed by atoms with Gasteiger partial charge < -0.3 is 25.0 Å². The number of hydrogen-bond acceptors (Lipinski definition) is 7. The van der Waals surface area contributed by atoms with Gasteiger partial charge in [0, 0.05) is 17.4 Å². The molecule has 1 aliphatic rings. The maximum Gasteiger partial charge on any atom is 0.348 e. The van der Waals surface area contributed by atoms with Crippen molar-refractivity contribution in [2.45, 2.75) is 46.3 Å². The Morgan fingerprint density at radius 2 is 2.09 bits per heavy atom. The molecule has 0 aliphatic carbocycles. The second kappa shape index (κ2) is 7.27. The van der Waals surface area contributed by atoms with Gasteiger partial charge in [-0.1, -0.05) is 27.7 Å². The first-order valence-electron chi connectivity index (χ1n) is 7.44. The zero-order valence-electron chi connectivity index (χ0n) is 13.9. The molecule has 23 heavy (non-hydrogen) atoms. The van der Waals surface area contributed by atoms with Crippen LogP contribution in [0.2, 0.25) is 0 Å². The maximum absolute atomic E-state index is 11.8. The summed E-state index contributed by atoms with van der Waals surface area (Å²) >= 11 is 0. The number of esters is 2. The van der Waals surface area contributed by atoms with Crippen LogP contribution in [0.25, 0.3) is 0 Å². The monoisotopic (exact) mass is 331 g/mol. The Kier molecular flexibility index (Phi) is 6.12. The molecule has 0 unspecified atom stereocenters. The molecule has 0 aromatic carbocycles. The number of rotatable bonds is 7. The van der Waals surface area contributed by atoms with Gasteiger partial charge in [-0.25, -0.2) is 4.79 Å². The van der Waals surface area contributed by atoms with Gasteiger partial charge in [-0.05, 0) is 0 Å². The average Bonchev–Trinajstić information content (AvgIpc) is 2.73. The molecular weight excluding hydrogens is 306 g/mol. The average molecular weight is 331 g/mol. The normalized spacial score (nSPS) is 21.5. The molecule has 0 saturated carbocycles. The van der Waals surface area contributed by atoms with E-state index in [1.165, 1.54) is 0 Å². The van der Waals surface area contributed by atoms with Crippen LogP contribution < -0.4 is 5.32 Å². The van der Waals surface area contributed by atoms with Crippen molar-refractivity contribution in [3.05, 3.63) is 0 Å². The van der Waals surface area contributed by atoms with E-state index in [-0.39, 0.29) is 26.2 Å². The highest BCUT2D eigenvalue weighted by Gasteiger charge is 2.46. The number of amides is 1. The molecule has 0 aromatic rings. The van der Waals surface area contributed by atoms with Crippen LogP contribution in [0.1, 0.15) is 34.1 Å². The highest BCUT2D eigenvalue weighted by Crippen LogP contribution is 2.31. The Morgan fingerprint density at radius 3 is 2.57 bits per heavy atom. The van der Waals surface area contributed by atoms with E-state index in [2.05, 4.69) is 5.32 Å². The number of carbonyl (C=O) groups excluding carboxylic acids is 3. The minimum absolute atomic E-state index is 0.0432. The summed E-state index contributed by atoms with van der Waals surface area (Å²) in [6.45, 7) is 6.37. The number of aliphatic hydroxyl groups excluding tert-OH is 2. The first kappa shape index (κ1) is 19.4. The molecule has 3 N–H and O–H groups in total. The Hall–Kier alpha value is -1.67. The molecule has 0 bridgehead atoms. The molecule has 0 aromatic heterocycles. The van der Waals surface area contributed by atoms with Gasteiger partial charge in [-0.15, -0.1) is 0 Å². The summed E-state index contributed by atoms with van der Waals surface area (Å²) in [7, 11) is 0. The molecule has 0 radical (unpaired) electrons. The summed E-state index contributed by atoms with van der Waals surface area (Å²) in [5.74, 6) is -1.90. The number of cyclic esters (lactones) is 1. The fraction of sp³-hybridized carbons (Fsp3) is 0.800. The molecule has 132 valence electrons. The van der Waals surface area contributed by atoms with Crippen LogP contribution >= 0.6 is 0 Å². The second-order valence-corrected chi connectivity index (χ2v) is 7.06. The Balaban J connectivity index is 2.40. The molecule has 0 spiro atoms. The van der Waals surface area contributed by atoms with E-state index in [0.29, 0.717) is 0 Å². The maximum atomic E-state index is 11.8. The van der Waals surface area contributed by atoms with Crippen molar-refractivity contribution in [3.63, 3.8) is 0 Å². The second-order valence-electron chi connectivity index (χ2n) is 7.06. The summed E-state index contributed by atoms with van der Waals surface area (Å²) in [6, 6.07) is 0. The molecule has 1 rings (SSSR count). The molecule has 2 atom stereocenters. The van der Waals surface area contributed by atoms with Crippen molar-refractivity contribution in [3.8, 4) is 0 Å². The lowest BCUT2D eigenvalue weighted by atomic mass is 9.87. The molecular formula is C15H25NO7. The van der Waals surface area contributed by atoms with E-state index in [1.54, 1.807) is 27.7 Å². The lowest BCUT2D eigenvalue weighted by Gasteiger charge is -2.27. The smallest absolute Gasteiger partial charge is 0.348 e. The summed E-state index contributed by atoms with van der Waals surface area (Å²) in [4.78, 5) is 35.0. The van der Waals surface area contributed by atoms with Crippen molar-refractivity contribution in [1.29, 1.82) is 0 Å². The van der Waals surface area contributed by atoms with Crippen molar-refractivity contribution in [1.82, 2.24) is 5.32 Å². The van der Waals surface area contributed by atoms with Gasteiger partial charge in [0.15, 0.2) is 0 Å². The summed E-state index contributed by atoms with van der Waals surface area (Å²) < 4.78 is 9.97. The first-order chi connectivity index (χ1) is 10.5. The van der Waals surface area contributed by atoms with Gasteiger partial charge >= 0.3 is 11.9 Å². The number of ether oxygens (including phenoxy) is 2. The lowest BCUT2D eigenvalue weighted by molar-refractivity contribution is -0.163. The van der Waals surface area contributed by atoms with Crippen LogP contribution in [0.4, 0.5) is 0 Å². The Morgan fingerprint density at radius 1 is 1.48 bits per heavy atom. The zero-order chi connectivity index (χ0) is 17.8. The molecule has 8 heteroatoms. The molecule has 1 heterocycles. The molecule has 1 saturated heterocycles. The van der Waals surface area contributed by atoms with E-state index in [9.17, 15) is 19.5 Å². The Labute approximate surface area is 135 Å². The third kappa shape index (κ3) is 4.90. The molecule has 1 amide bonds.